The van der Waals surface area contributed by atoms with Crippen LogP contribution < -0.4 is 0 Å². The number of halogens is 1. The van der Waals surface area contributed by atoms with E-state index < -0.39 is 10.0 Å². The van der Waals surface area contributed by atoms with Crippen molar-refractivity contribution in [2.45, 2.75) is 6.42 Å². The van der Waals surface area contributed by atoms with Gasteiger partial charge in [0, 0.05) is 25.1 Å². The molecule has 15 heavy (non-hydrogen) atoms. The van der Waals surface area contributed by atoms with Gasteiger partial charge in [0.05, 0.1) is 12.8 Å². The third kappa shape index (κ3) is 6.31. The topological polar surface area (TPSA) is 57.7 Å². The number of alkyl halides is 1. The Labute approximate surface area is 105 Å². The maximum atomic E-state index is 11.4. The quantitative estimate of drug-likeness (QED) is 0.508. The molecule has 0 aromatic heterocycles. The first kappa shape index (κ1) is 15.1. The Kier molecular flexibility index (Phi) is 6.69. The van der Waals surface area contributed by atoms with Crippen LogP contribution in [0.3, 0.4) is 0 Å². The predicted molar refractivity (Wildman–Crippen MR) is 68.6 cm³/mol. The van der Waals surface area contributed by atoms with Crippen LogP contribution in [0.15, 0.2) is 0 Å². The monoisotopic (exact) mass is 348 g/mol. The second-order valence-electron chi connectivity index (χ2n) is 3.43. The van der Waals surface area contributed by atoms with Crippen molar-refractivity contribution >= 4 is 38.5 Å². The molecule has 0 aliphatic carbocycles. The molecule has 5 nitrogen and oxygen atoms in total. The minimum absolute atomic E-state index is 0.0670. The molecule has 0 aromatic rings. The molecule has 0 fully saturated rings. The van der Waals surface area contributed by atoms with Crippen LogP contribution in [0.4, 0.5) is 0 Å². The van der Waals surface area contributed by atoms with E-state index in [1.807, 2.05) is 0 Å². The molecule has 0 N–H and O–H groups in total. The molecule has 1 amide bonds. The normalized spacial score (nSPS) is 11.8. The Morgan fingerprint density at radius 1 is 1.33 bits per heavy atom. The molecule has 0 rings (SSSR count). The number of rotatable bonds is 6. The first-order chi connectivity index (χ1) is 6.79. The standard InChI is InChI=1S/C8H17IN2O3S/c1-10(2)8(12)7-11(6-4-5-9)15(3,13)14/h4-7H2,1-3H3. The molecule has 0 aliphatic rings. The fourth-order valence-electron chi connectivity index (χ4n) is 0.891. The average molecular weight is 348 g/mol. The highest BCUT2D eigenvalue weighted by Gasteiger charge is 2.20. The summed E-state index contributed by atoms with van der Waals surface area (Å²) in [6.45, 7) is 0.337. The summed E-state index contributed by atoms with van der Waals surface area (Å²) in [5.74, 6) is -0.200. The second-order valence-corrected chi connectivity index (χ2v) is 6.49. The van der Waals surface area contributed by atoms with Crippen molar-refractivity contribution in [3.63, 3.8) is 0 Å². The lowest BCUT2D eigenvalue weighted by Gasteiger charge is -2.20. The molecule has 0 atom stereocenters. The molecule has 0 saturated carbocycles. The van der Waals surface area contributed by atoms with Gasteiger partial charge in [0.2, 0.25) is 15.9 Å². The molecule has 0 spiro atoms. The maximum absolute atomic E-state index is 11.4. The van der Waals surface area contributed by atoms with Gasteiger partial charge >= 0.3 is 0 Å². The number of sulfonamides is 1. The van der Waals surface area contributed by atoms with Crippen molar-refractivity contribution in [3.05, 3.63) is 0 Å². The summed E-state index contributed by atoms with van der Waals surface area (Å²) in [4.78, 5) is 12.8. The third-order valence-corrected chi connectivity index (χ3v) is 3.83. The molecular formula is C8H17IN2O3S. The van der Waals surface area contributed by atoms with Crippen molar-refractivity contribution in [2.24, 2.45) is 0 Å². The lowest BCUT2D eigenvalue weighted by atomic mass is 10.4. The van der Waals surface area contributed by atoms with Gasteiger partial charge in [-0.15, -0.1) is 0 Å². The van der Waals surface area contributed by atoms with Gasteiger partial charge in [0.1, 0.15) is 0 Å². The summed E-state index contributed by atoms with van der Waals surface area (Å²) in [5.41, 5.74) is 0. The SMILES string of the molecule is CN(C)C(=O)CN(CCCI)S(C)(=O)=O. The van der Waals surface area contributed by atoms with Crippen LogP contribution >= 0.6 is 22.6 Å². The number of likely N-dealkylation sites (N-methyl/N-ethyl adjacent to an activating group) is 1. The van der Waals surface area contributed by atoms with Gasteiger partial charge in [-0.2, -0.15) is 4.31 Å². The van der Waals surface area contributed by atoms with Gasteiger partial charge in [-0.3, -0.25) is 4.79 Å². The Morgan fingerprint density at radius 2 is 1.87 bits per heavy atom. The smallest absolute Gasteiger partial charge is 0.237 e. The Bertz CT molecular complexity index is 303. The number of amides is 1. The highest BCUT2D eigenvalue weighted by Crippen LogP contribution is 2.02. The highest BCUT2D eigenvalue weighted by atomic mass is 127. The van der Waals surface area contributed by atoms with Crippen LogP contribution in [-0.4, -0.2) is 61.4 Å². The van der Waals surface area contributed by atoms with Crippen LogP contribution in [0, 0.1) is 0 Å². The van der Waals surface area contributed by atoms with Crippen molar-refractivity contribution in [2.75, 3.05) is 37.9 Å². The Morgan fingerprint density at radius 3 is 2.20 bits per heavy atom. The zero-order valence-electron chi connectivity index (χ0n) is 9.23. The summed E-state index contributed by atoms with van der Waals surface area (Å²) in [6.07, 6.45) is 1.89. The summed E-state index contributed by atoms with van der Waals surface area (Å²) < 4.78 is 24.8. The fraction of sp³-hybridized carbons (Fsp3) is 0.875. The summed E-state index contributed by atoms with van der Waals surface area (Å²) in [6, 6.07) is 0. The first-order valence-corrected chi connectivity index (χ1v) is 7.87. The van der Waals surface area contributed by atoms with E-state index >= 15 is 0 Å². The van der Waals surface area contributed by atoms with E-state index in [4.69, 9.17) is 0 Å². The van der Waals surface area contributed by atoms with Crippen LogP contribution in [0.1, 0.15) is 6.42 Å². The maximum Gasteiger partial charge on any atom is 0.237 e. The van der Waals surface area contributed by atoms with E-state index in [1.54, 1.807) is 14.1 Å². The van der Waals surface area contributed by atoms with Crippen LogP contribution in [-0.2, 0) is 14.8 Å². The van der Waals surface area contributed by atoms with Crippen molar-refractivity contribution in [1.29, 1.82) is 0 Å². The van der Waals surface area contributed by atoms with E-state index in [-0.39, 0.29) is 12.5 Å². The average Bonchev–Trinajstić information content (AvgIpc) is 2.09. The largest absolute Gasteiger partial charge is 0.348 e. The number of carbonyl (C=O) groups is 1. The molecule has 0 saturated heterocycles. The van der Waals surface area contributed by atoms with E-state index in [1.165, 1.54) is 9.21 Å². The molecule has 90 valence electrons. The number of carbonyl (C=O) groups excluding carboxylic acids is 1. The van der Waals surface area contributed by atoms with Gasteiger partial charge in [-0.05, 0) is 6.42 Å². The third-order valence-electron chi connectivity index (χ3n) is 1.82. The lowest BCUT2D eigenvalue weighted by molar-refractivity contribution is -0.128. The van der Waals surface area contributed by atoms with Crippen LogP contribution in [0.2, 0.25) is 0 Å². The molecule has 7 heteroatoms. The Hall–Kier alpha value is 0.110. The van der Waals surface area contributed by atoms with Crippen molar-refractivity contribution in [1.82, 2.24) is 9.21 Å². The van der Waals surface area contributed by atoms with E-state index in [9.17, 15) is 13.2 Å². The van der Waals surface area contributed by atoms with E-state index in [0.29, 0.717) is 6.54 Å². The highest BCUT2D eigenvalue weighted by molar-refractivity contribution is 14.1. The summed E-state index contributed by atoms with van der Waals surface area (Å²) in [5, 5.41) is 0. The van der Waals surface area contributed by atoms with Crippen molar-refractivity contribution in [3.8, 4) is 0 Å². The van der Waals surface area contributed by atoms with Crippen molar-refractivity contribution < 1.29 is 13.2 Å². The summed E-state index contributed by atoms with van der Waals surface area (Å²) in [7, 11) is -0.0588. The van der Waals surface area contributed by atoms with Gasteiger partial charge in [0.25, 0.3) is 0 Å². The van der Waals surface area contributed by atoms with Gasteiger partial charge in [-0.1, -0.05) is 22.6 Å². The van der Waals surface area contributed by atoms with E-state index in [2.05, 4.69) is 22.6 Å². The Balaban J connectivity index is 4.46. The fourth-order valence-corrected chi connectivity index (χ4v) is 2.04. The van der Waals surface area contributed by atoms with E-state index in [0.717, 1.165) is 17.1 Å². The number of hydrogen-bond acceptors (Lipinski definition) is 3. The number of nitrogens with zero attached hydrogens (tertiary/aromatic N) is 2. The molecule has 0 aromatic carbocycles. The first-order valence-electron chi connectivity index (χ1n) is 4.50. The van der Waals surface area contributed by atoms with Crippen LogP contribution in [0.25, 0.3) is 0 Å². The molecule has 0 aliphatic heterocycles. The predicted octanol–water partition coefficient (Wildman–Crippen LogP) is 0.161. The zero-order chi connectivity index (χ0) is 12.1. The minimum Gasteiger partial charge on any atom is -0.348 e. The van der Waals surface area contributed by atoms with Gasteiger partial charge < -0.3 is 4.90 Å². The molecule has 0 bridgehead atoms. The van der Waals surface area contributed by atoms with Gasteiger partial charge in [0.15, 0.2) is 0 Å². The molecule has 0 unspecified atom stereocenters. The molecule has 0 heterocycles. The molecular weight excluding hydrogens is 331 g/mol. The zero-order valence-corrected chi connectivity index (χ0v) is 12.2. The molecule has 0 radical (unpaired) electrons. The second kappa shape index (κ2) is 6.64. The summed E-state index contributed by atoms with van der Waals surface area (Å²) >= 11 is 2.18. The minimum atomic E-state index is -3.28. The van der Waals surface area contributed by atoms with Gasteiger partial charge in [-0.25, -0.2) is 8.42 Å². The van der Waals surface area contributed by atoms with Crippen LogP contribution in [0.5, 0.6) is 0 Å². The lowest BCUT2D eigenvalue weighted by Crippen LogP contribution is -2.40. The number of hydrogen-bond donors (Lipinski definition) is 0.